The average molecular weight is 280 g/mol. The van der Waals surface area contributed by atoms with Gasteiger partial charge in [0.1, 0.15) is 9.33 Å². The molecule has 1 atom stereocenters. The lowest BCUT2D eigenvalue weighted by atomic mass is 10.4. The van der Waals surface area contributed by atoms with Crippen molar-refractivity contribution in [2.75, 3.05) is 5.32 Å². The molecule has 3 N–H and O–H groups in total. The standard InChI is InChI=1S/C8H7Cl2N3O2S/c9-8(10)1-3(8)6(15)13-4-2-12-7(16-4)5(11)14/h2-3H,1H2,(H2,11,14)(H,13,15)/t3-/m1/s1. The molecule has 0 radical (unpaired) electrons. The Hall–Kier alpha value is -0.850. The molecular formula is C8H7Cl2N3O2S. The molecule has 1 aromatic heterocycles. The van der Waals surface area contributed by atoms with Crippen molar-refractivity contribution in [2.24, 2.45) is 11.7 Å². The van der Waals surface area contributed by atoms with Crippen molar-refractivity contribution >= 4 is 51.4 Å². The molecule has 0 unspecified atom stereocenters. The Labute approximate surface area is 105 Å². The van der Waals surface area contributed by atoms with Crippen LogP contribution in [-0.2, 0) is 4.79 Å². The molecule has 5 nitrogen and oxygen atoms in total. The normalized spacial score (nSPS) is 21.5. The van der Waals surface area contributed by atoms with Crippen LogP contribution >= 0.6 is 34.5 Å². The smallest absolute Gasteiger partial charge is 0.277 e. The molecule has 0 aliphatic heterocycles. The van der Waals surface area contributed by atoms with Crippen LogP contribution in [0.3, 0.4) is 0 Å². The maximum Gasteiger partial charge on any atom is 0.277 e. The van der Waals surface area contributed by atoms with Crippen LogP contribution < -0.4 is 11.1 Å². The van der Waals surface area contributed by atoms with Gasteiger partial charge in [0.05, 0.1) is 12.1 Å². The number of nitrogens with two attached hydrogens (primary N) is 1. The first-order valence-electron chi connectivity index (χ1n) is 4.34. The summed E-state index contributed by atoms with van der Waals surface area (Å²) < 4.78 is -0.957. The van der Waals surface area contributed by atoms with Crippen LogP contribution in [0.1, 0.15) is 16.2 Å². The summed E-state index contributed by atoms with van der Waals surface area (Å²) in [5, 5.41) is 3.18. The molecule has 0 saturated heterocycles. The number of nitrogens with zero attached hydrogens (tertiary/aromatic N) is 1. The predicted octanol–water partition coefficient (Wildman–Crippen LogP) is 1.37. The lowest BCUT2D eigenvalue weighted by Crippen LogP contribution is -2.16. The Bertz CT molecular complexity index is 460. The van der Waals surface area contributed by atoms with Gasteiger partial charge in [0.25, 0.3) is 5.91 Å². The highest BCUT2D eigenvalue weighted by atomic mass is 35.5. The number of hydrogen-bond donors (Lipinski definition) is 2. The van der Waals surface area contributed by atoms with Gasteiger partial charge in [-0.25, -0.2) is 4.98 Å². The molecule has 16 heavy (non-hydrogen) atoms. The maximum absolute atomic E-state index is 11.6. The fraction of sp³-hybridized carbons (Fsp3) is 0.375. The predicted molar refractivity (Wildman–Crippen MR) is 61.8 cm³/mol. The minimum Gasteiger partial charge on any atom is -0.364 e. The Balaban J connectivity index is 1.99. The number of carbonyl (C=O) groups is 2. The fourth-order valence-corrected chi connectivity index (χ4v) is 2.33. The second-order valence-corrected chi connectivity index (χ2v) is 5.97. The highest BCUT2D eigenvalue weighted by Gasteiger charge is 2.56. The molecule has 0 spiro atoms. The quantitative estimate of drug-likeness (QED) is 0.820. The summed E-state index contributed by atoms with van der Waals surface area (Å²) in [7, 11) is 0. The zero-order valence-electron chi connectivity index (χ0n) is 7.87. The van der Waals surface area contributed by atoms with E-state index in [1.54, 1.807) is 0 Å². The van der Waals surface area contributed by atoms with E-state index in [0.717, 1.165) is 11.3 Å². The summed E-state index contributed by atoms with van der Waals surface area (Å²) in [6, 6.07) is 0. The maximum atomic E-state index is 11.6. The third-order valence-corrected chi connectivity index (χ3v) is 3.87. The zero-order chi connectivity index (χ0) is 11.9. The minimum atomic E-state index is -0.957. The summed E-state index contributed by atoms with van der Waals surface area (Å²) in [4.78, 5) is 26.1. The van der Waals surface area contributed by atoms with Gasteiger partial charge in [-0.2, -0.15) is 0 Å². The molecule has 1 fully saturated rings. The summed E-state index contributed by atoms with van der Waals surface area (Å²) >= 11 is 12.5. The second-order valence-electron chi connectivity index (χ2n) is 3.40. The number of aromatic nitrogens is 1. The molecule has 1 aliphatic carbocycles. The van der Waals surface area contributed by atoms with E-state index in [1.165, 1.54) is 6.20 Å². The largest absolute Gasteiger partial charge is 0.364 e. The zero-order valence-corrected chi connectivity index (χ0v) is 10.2. The second kappa shape index (κ2) is 3.87. The first-order chi connectivity index (χ1) is 7.40. The third kappa shape index (κ3) is 2.28. The van der Waals surface area contributed by atoms with E-state index in [2.05, 4.69) is 10.3 Å². The van der Waals surface area contributed by atoms with Crippen molar-refractivity contribution in [2.45, 2.75) is 10.8 Å². The number of hydrogen-bond acceptors (Lipinski definition) is 4. The molecular weight excluding hydrogens is 273 g/mol. The number of anilines is 1. The van der Waals surface area contributed by atoms with Crippen molar-refractivity contribution in [3.8, 4) is 0 Å². The number of nitrogens with one attached hydrogen (secondary N) is 1. The molecule has 0 aromatic carbocycles. The lowest BCUT2D eigenvalue weighted by molar-refractivity contribution is -0.117. The molecule has 8 heteroatoms. The van der Waals surface area contributed by atoms with E-state index in [9.17, 15) is 9.59 Å². The molecule has 2 amide bonds. The summed E-state index contributed by atoms with van der Waals surface area (Å²) in [6.45, 7) is 0. The Kier molecular flexibility index (Phi) is 2.81. The van der Waals surface area contributed by atoms with Crippen LogP contribution in [0.25, 0.3) is 0 Å². The van der Waals surface area contributed by atoms with Gasteiger partial charge < -0.3 is 11.1 Å². The average Bonchev–Trinajstić information content (AvgIpc) is 2.62. The van der Waals surface area contributed by atoms with E-state index < -0.39 is 16.2 Å². The van der Waals surface area contributed by atoms with Gasteiger partial charge >= 0.3 is 0 Å². The Morgan fingerprint density at radius 1 is 1.62 bits per heavy atom. The van der Waals surface area contributed by atoms with Crippen molar-refractivity contribution in [3.63, 3.8) is 0 Å². The lowest BCUT2D eigenvalue weighted by Gasteiger charge is -2.00. The van der Waals surface area contributed by atoms with Gasteiger partial charge in [-0.15, -0.1) is 23.2 Å². The summed E-state index contributed by atoms with van der Waals surface area (Å²) in [5.41, 5.74) is 5.03. The van der Waals surface area contributed by atoms with Crippen LogP contribution in [0.5, 0.6) is 0 Å². The van der Waals surface area contributed by atoms with Crippen LogP contribution in [0.2, 0.25) is 0 Å². The number of carbonyl (C=O) groups excluding carboxylic acids is 2. The number of rotatable bonds is 3. The summed E-state index contributed by atoms with van der Waals surface area (Å²) in [5.74, 6) is -1.31. The van der Waals surface area contributed by atoms with E-state index in [4.69, 9.17) is 28.9 Å². The van der Waals surface area contributed by atoms with Crippen LogP contribution in [0, 0.1) is 5.92 Å². The highest BCUT2D eigenvalue weighted by Crippen LogP contribution is 2.53. The molecule has 1 aliphatic rings. The van der Waals surface area contributed by atoms with Gasteiger partial charge in [-0.05, 0) is 6.42 Å². The summed E-state index contributed by atoms with van der Waals surface area (Å²) in [6.07, 6.45) is 1.80. The van der Waals surface area contributed by atoms with Gasteiger partial charge in [0.2, 0.25) is 5.91 Å². The van der Waals surface area contributed by atoms with Crippen molar-refractivity contribution in [1.29, 1.82) is 0 Å². The number of thiazole rings is 1. The van der Waals surface area contributed by atoms with Crippen molar-refractivity contribution in [1.82, 2.24) is 4.98 Å². The van der Waals surface area contributed by atoms with Gasteiger partial charge in [0.15, 0.2) is 5.01 Å². The van der Waals surface area contributed by atoms with E-state index in [-0.39, 0.29) is 10.9 Å². The molecule has 1 heterocycles. The number of primary amides is 1. The van der Waals surface area contributed by atoms with Crippen molar-refractivity contribution < 1.29 is 9.59 Å². The molecule has 1 aromatic rings. The fourth-order valence-electron chi connectivity index (χ4n) is 1.15. The van der Waals surface area contributed by atoms with E-state index >= 15 is 0 Å². The highest BCUT2D eigenvalue weighted by molar-refractivity contribution is 7.17. The SMILES string of the molecule is NC(=O)c1ncc(NC(=O)[C@H]2CC2(Cl)Cl)s1. The first kappa shape index (κ1) is 11.6. The number of amides is 2. The molecule has 2 rings (SSSR count). The third-order valence-electron chi connectivity index (χ3n) is 2.11. The molecule has 0 bridgehead atoms. The van der Waals surface area contributed by atoms with Gasteiger partial charge in [-0.1, -0.05) is 11.3 Å². The van der Waals surface area contributed by atoms with Crippen molar-refractivity contribution in [3.05, 3.63) is 11.2 Å². The monoisotopic (exact) mass is 279 g/mol. The molecule has 1 saturated carbocycles. The van der Waals surface area contributed by atoms with Crippen LogP contribution in [0.4, 0.5) is 5.00 Å². The molecule has 86 valence electrons. The Morgan fingerprint density at radius 3 is 2.69 bits per heavy atom. The first-order valence-corrected chi connectivity index (χ1v) is 5.92. The number of alkyl halides is 2. The van der Waals surface area contributed by atoms with Crippen LogP contribution in [-0.4, -0.2) is 21.1 Å². The number of halogens is 2. The van der Waals surface area contributed by atoms with Gasteiger partial charge in [0, 0.05) is 0 Å². The van der Waals surface area contributed by atoms with Gasteiger partial charge in [-0.3, -0.25) is 9.59 Å². The van der Waals surface area contributed by atoms with E-state index in [0.29, 0.717) is 11.4 Å². The Morgan fingerprint density at radius 2 is 2.25 bits per heavy atom. The topological polar surface area (TPSA) is 85.1 Å². The van der Waals surface area contributed by atoms with E-state index in [1.807, 2.05) is 0 Å². The minimum absolute atomic E-state index is 0.147. The van der Waals surface area contributed by atoms with Crippen LogP contribution in [0.15, 0.2) is 6.20 Å².